The van der Waals surface area contributed by atoms with Gasteiger partial charge in [0.2, 0.25) is 11.8 Å². The molecule has 8 nitrogen and oxygen atoms in total. The van der Waals surface area contributed by atoms with E-state index in [1.165, 1.54) is 7.11 Å². The number of hydrogen-bond donors (Lipinski definition) is 0. The van der Waals surface area contributed by atoms with Crippen LogP contribution in [0.5, 0.6) is 11.8 Å². The minimum atomic E-state index is -0.173. The molecule has 0 N–H and O–H groups in total. The molecule has 11 heteroatoms. The molecule has 2 saturated heterocycles. The van der Waals surface area contributed by atoms with Crippen LogP contribution in [0.1, 0.15) is 55.3 Å². The predicted octanol–water partition coefficient (Wildman–Crippen LogP) is 6.87. The lowest BCUT2D eigenvalue weighted by Gasteiger charge is -2.23. The summed E-state index contributed by atoms with van der Waals surface area (Å²) in [7, 11) is 3.07. The van der Waals surface area contributed by atoms with E-state index in [2.05, 4.69) is 16.5 Å². The van der Waals surface area contributed by atoms with Crippen LogP contribution < -0.4 is 9.47 Å². The molecular weight excluding hydrogens is 543 g/mol. The number of methoxy groups -OCH3 is 2. The standard InChI is InChI=1S/C14H18ClNO3.C12H15Cl2NO3/c1-3-12-10(11(15)8-13(16-12)17-2)9-19-14-6-4-5-7-18-14;1-16-10-6-9(13)8(12(14)15-10)7-18-11-4-2-3-5-17-11/h3,8,14H,1,4-7,9H2,2H3;6,11H,2-5,7H2,1H3. The number of halogens is 3. The average Bonchev–Trinajstić information content (AvgIpc) is 2.92. The molecule has 2 aliphatic heterocycles. The quantitative estimate of drug-likeness (QED) is 0.300. The third-order valence-corrected chi connectivity index (χ3v) is 6.78. The first kappa shape index (κ1) is 29.9. The van der Waals surface area contributed by atoms with Crippen molar-refractivity contribution in [3.8, 4) is 11.8 Å². The number of hydrogen-bond acceptors (Lipinski definition) is 8. The maximum atomic E-state index is 6.22. The SMILES string of the molecule is C=Cc1nc(OC)cc(Cl)c1COC1CCCCO1.COc1cc(Cl)c(COC2CCCCO2)c(Cl)n1. The molecule has 0 spiro atoms. The summed E-state index contributed by atoms with van der Waals surface area (Å²) >= 11 is 18.4. The van der Waals surface area contributed by atoms with Crippen molar-refractivity contribution in [2.45, 2.75) is 64.3 Å². The van der Waals surface area contributed by atoms with Crippen LogP contribution in [0.3, 0.4) is 0 Å². The molecular formula is C26H33Cl3N2O6. The van der Waals surface area contributed by atoms with Gasteiger partial charge in [-0.15, -0.1) is 0 Å². The zero-order chi connectivity index (χ0) is 26.6. The molecule has 2 aromatic rings. The van der Waals surface area contributed by atoms with Crippen LogP contribution in [0.15, 0.2) is 18.7 Å². The molecule has 4 heterocycles. The van der Waals surface area contributed by atoms with Crippen molar-refractivity contribution in [3.63, 3.8) is 0 Å². The lowest BCUT2D eigenvalue weighted by molar-refractivity contribution is -0.169. The average molecular weight is 576 g/mol. The number of nitrogens with zero attached hydrogens (tertiary/aromatic N) is 2. The predicted molar refractivity (Wildman–Crippen MR) is 143 cm³/mol. The molecule has 0 amide bonds. The van der Waals surface area contributed by atoms with E-state index in [4.69, 9.17) is 63.2 Å². The minimum Gasteiger partial charge on any atom is -0.481 e. The normalized spacial score (nSPS) is 19.5. The number of aromatic nitrogens is 2. The zero-order valence-electron chi connectivity index (χ0n) is 21.1. The zero-order valence-corrected chi connectivity index (χ0v) is 23.4. The van der Waals surface area contributed by atoms with Gasteiger partial charge in [-0.05, 0) is 44.6 Å². The monoisotopic (exact) mass is 574 g/mol. The van der Waals surface area contributed by atoms with E-state index in [9.17, 15) is 0 Å². The Balaban J connectivity index is 0.000000206. The summed E-state index contributed by atoms with van der Waals surface area (Å²) in [4.78, 5) is 8.34. The molecule has 2 fully saturated rings. The van der Waals surface area contributed by atoms with Crippen molar-refractivity contribution in [1.82, 2.24) is 9.97 Å². The van der Waals surface area contributed by atoms with Crippen molar-refractivity contribution in [3.05, 3.63) is 50.7 Å². The summed E-state index contributed by atoms with van der Waals surface area (Å²) in [6.07, 6.45) is 7.59. The summed E-state index contributed by atoms with van der Waals surface area (Å²) in [5, 5.41) is 1.36. The van der Waals surface area contributed by atoms with Crippen molar-refractivity contribution in [2.75, 3.05) is 27.4 Å². The van der Waals surface area contributed by atoms with E-state index in [1.54, 1.807) is 25.3 Å². The second-order valence-corrected chi connectivity index (χ2v) is 9.52. The van der Waals surface area contributed by atoms with Gasteiger partial charge < -0.3 is 28.4 Å². The lowest BCUT2D eigenvalue weighted by Crippen LogP contribution is -2.22. The first-order chi connectivity index (χ1) is 17.9. The van der Waals surface area contributed by atoms with E-state index in [-0.39, 0.29) is 12.6 Å². The number of ether oxygens (including phenoxy) is 6. The Morgan fingerprint density at radius 2 is 1.35 bits per heavy atom. The first-order valence-corrected chi connectivity index (χ1v) is 13.3. The molecule has 4 rings (SSSR count). The smallest absolute Gasteiger partial charge is 0.215 e. The highest BCUT2D eigenvalue weighted by Gasteiger charge is 2.18. The molecule has 0 aromatic carbocycles. The molecule has 2 unspecified atom stereocenters. The highest BCUT2D eigenvalue weighted by molar-refractivity contribution is 6.35. The number of rotatable bonds is 9. The van der Waals surface area contributed by atoms with Crippen LogP contribution in [-0.4, -0.2) is 50.0 Å². The second-order valence-electron chi connectivity index (χ2n) is 8.34. The van der Waals surface area contributed by atoms with Crippen LogP contribution in [0.4, 0.5) is 0 Å². The maximum absolute atomic E-state index is 6.22. The Hall–Kier alpha value is -1.65. The summed E-state index contributed by atoms with van der Waals surface area (Å²) in [5.74, 6) is 0.861. The van der Waals surface area contributed by atoms with E-state index in [0.717, 1.165) is 57.3 Å². The Morgan fingerprint density at radius 1 is 0.838 bits per heavy atom. The van der Waals surface area contributed by atoms with Crippen molar-refractivity contribution in [1.29, 1.82) is 0 Å². The van der Waals surface area contributed by atoms with E-state index in [1.807, 2.05) is 0 Å². The van der Waals surface area contributed by atoms with Crippen molar-refractivity contribution in [2.24, 2.45) is 0 Å². The van der Waals surface area contributed by atoms with Gasteiger partial charge in [-0.2, -0.15) is 0 Å². The summed E-state index contributed by atoms with van der Waals surface area (Å²) in [5.41, 5.74) is 2.15. The largest absolute Gasteiger partial charge is 0.481 e. The molecule has 0 radical (unpaired) electrons. The molecule has 2 aliphatic rings. The Morgan fingerprint density at radius 3 is 1.81 bits per heavy atom. The molecule has 2 atom stereocenters. The Bertz CT molecular complexity index is 991. The maximum Gasteiger partial charge on any atom is 0.215 e. The molecule has 0 bridgehead atoms. The van der Waals surface area contributed by atoms with Crippen molar-refractivity contribution >= 4 is 40.9 Å². The lowest BCUT2D eigenvalue weighted by atomic mass is 10.2. The molecule has 204 valence electrons. The number of pyridine rings is 2. The van der Waals surface area contributed by atoms with Gasteiger partial charge >= 0.3 is 0 Å². The van der Waals surface area contributed by atoms with Crippen LogP contribution in [-0.2, 0) is 32.2 Å². The van der Waals surface area contributed by atoms with Gasteiger partial charge in [0.15, 0.2) is 12.6 Å². The first-order valence-electron chi connectivity index (χ1n) is 12.2. The van der Waals surface area contributed by atoms with Crippen molar-refractivity contribution < 1.29 is 28.4 Å². The minimum absolute atomic E-state index is 0.149. The second kappa shape index (κ2) is 15.7. The highest BCUT2D eigenvalue weighted by atomic mass is 35.5. The van der Waals surface area contributed by atoms with E-state index in [0.29, 0.717) is 51.4 Å². The van der Waals surface area contributed by atoms with Gasteiger partial charge in [0, 0.05) is 36.5 Å². The van der Waals surface area contributed by atoms with E-state index < -0.39 is 0 Å². The molecule has 37 heavy (non-hydrogen) atoms. The van der Waals surface area contributed by atoms with Crippen LogP contribution in [0, 0.1) is 0 Å². The Labute approximate surface area is 233 Å². The van der Waals surface area contributed by atoms with Gasteiger partial charge in [0.1, 0.15) is 5.15 Å². The Kier molecular flexibility index (Phi) is 12.7. The van der Waals surface area contributed by atoms with Crippen LogP contribution in [0.25, 0.3) is 6.08 Å². The molecule has 0 aliphatic carbocycles. The fourth-order valence-electron chi connectivity index (χ4n) is 3.71. The fourth-order valence-corrected chi connectivity index (χ4v) is 4.48. The molecule has 2 aromatic heterocycles. The van der Waals surface area contributed by atoms with Gasteiger partial charge in [0.05, 0.1) is 43.2 Å². The summed E-state index contributed by atoms with van der Waals surface area (Å²) < 4.78 is 32.4. The van der Waals surface area contributed by atoms with Gasteiger partial charge in [-0.3, -0.25) is 0 Å². The summed E-state index contributed by atoms with van der Waals surface area (Å²) in [6, 6.07) is 3.29. The van der Waals surface area contributed by atoms with Crippen LogP contribution in [0.2, 0.25) is 15.2 Å². The van der Waals surface area contributed by atoms with Gasteiger partial charge in [-0.25, -0.2) is 9.97 Å². The third-order valence-electron chi connectivity index (χ3n) is 5.79. The third kappa shape index (κ3) is 9.25. The fraction of sp³-hybridized carbons (Fsp3) is 0.538. The van der Waals surface area contributed by atoms with Gasteiger partial charge in [-0.1, -0.05) is 41.4 Å². The highest BCUT2D eigenvalue weighted by Crippen LogP contribution is 2.29. The van der Waals surface area contributed by atoms with E-state index >= 15 is 0 Å². The van der Waals surface area contributed by atoms with Gasteiger partial charge in [0.25, 0.3) is 0 Å². The molecule has 0 saturated carbocycles. The topological polar surface area (TPSA) is 81.2 Å². The summed E-state index contributed by atoms with van der Waals surface area (Å²) in [6.45, 7) is 5.89. The van der Waals surface area contributed by atoms with Crippen LogP contribution >= 0.6 is 34.8 Å².